The Balaban J connectivity index is 2.30. The van der Waals surface area contributed by atoms with Crippen molar-refractivity contribution in [1.29, 1.82) is 0 Å². The van der Waals surface area contributed by atoms with Crippen molar-refractivity contribution < 1.29 is 14.6 Å². The summed E-state index contributed by atoms with van der Waals surface area (Å²) < 4.78 is 6.05. The molecular formula is C13H17N3O3S. The Labute approximate surface area is 120 Å². The van der Waals surface area contributed by atoms with Crippen LogP contribution in [0.4, 0.5) is 15.6 Å². The minimum Gasteiger partial charge on any atom is -0.444 e. The molecule has 0 aliphatic rings. The highest BCUT2D eigenvalue weighted by molar-refractivity contribution is 7.22. The Morgan fingerprint density at radius 1 is 1.50 bits per heavy atom. The van der Waals surface area contributed by atoms with Gasteiger partial charge in [0, 0.05) is 5.56 Å². The van der Waals surface area contributed by atoms with Crippen molar-refractivity contribution in [3.8, 4) is 0 Å². The fraction of sp³-hybridized carbons (Fsp3) is 0.385. The number of anilines is 2. The smallest absolute Gasteiger partial charge is 0.412 e. The number of aromatic nitrogens is 1. The number of carbonyl (C=O) groups is 1. The summed E-state index contributed by atoms with van der Waals surface area (Å²) in [5, 5.41) is 12.5. The number of nitrogen functional groups attached to an aromatic ring is 1. The lowest BCUT2D eigenvalue weighted by molar-refractivity contribution is 0.0635. The van der Waals surface area contributed by atoms with Gasteiger partial charge in [-0.2, -0.15) is 0 Å². The molecule has 1 amide bonds. The first-order valence-corrected chi connectivity index (χ1v) is 6.90. The maximum atomic E-state index is 11.8. The van der Waals surface area contributed by atoms with Gasteiger partial charge in [-0.05, 0) is 32.9 Å². The molecule has 108 valence electrons. The lowest BCUT2D eigenvalue weighted by Gasteiger charge is -2.20. The van der Waals surface area contributed by atoms with E-state index in [-0.39, 0.29) is 6.61 Å². The number of aliphatic hydroxyl groups excluding tert-OH is 1. The average Bonchev–Trinajstić information content (AvgIpc) is 2.64. The van der Waals surface area contributed by atoms with Gasteiger partial charge in [-0.15, -0.1) is 0 Å². The Morgan fingerprint density at radius 3 is 2.80 bits per heavy atom. The number of rotatable bonds is 2. The second-order valence-electron chi connectivity index (χ2n) is 5.31. The second kappa shape index (κ2) is 5.26. The van der Waals surface area contributed by atoms with Crippen LogP contribution in [0.3, 0.4) is 0 Å². The summed E-state index contributed by atoms with van der Waals surface area (Å²) >= 11 is 1.33. The van der Waals surface area contributed by atoms with Gasteiger partial charge in [0.05, 0.1) is 22.5 Å². The lowest BCUT2D eigenvalue weighted by atomic mass is 10.1. The van der Waals surface area contributed by atoms with Gasteiger partial charge in [0.2, 0.25) is 0 Å². The van der Waals surface area contributed by atoms with E-state index in [2.05, 4.69) is 10.3 Å². The number of ether oxygens (including phenoxy) is 1. The molecule has 0 aliphatic heterocycles. The number of fused-ring (bicyclic) bond motifs is 1. The molecule has 0 atom stereocenters. The molecule has 7 heteroatoms. The zero-order chi connectivity index (χ0) is 14.9. The van der Waals surface area contributed by atoms with Crippen LogP contribution in [-0.4, -0.2) is 21.8 Å². The molecular weight excluding hydrogens is 278 g/mol. The molecule has 0 unspecified atom stereocenters. The van der Waals surface area contributed by atoms with E-state index in [9.17, 15) is 9.90 Å². The normalized spacial score (nSPS) is 11.6. The fourth-order valence-electron chi connectivity index (χ4n) is 1.69. The number of aliphatic hydroxyl groups is 1. The minimum absolute atomic E-state index is 0.196. The second-order valence-corrected chi connectivity index (χ2v) is 6.38. The molecule has 0 aliphatic carbocycles. The lowest BCUT2D eigenvalue weighted by Crippen LogP contribution is -2.27. The van der Waals surface area contributed by atoms with Gasteiger partial charge in [-0.25, -0.2) is 9.78 Å². The summed E-state index contributed by atoms with van der Waals surface area (Å²) in [6.07, 6.45) is -0.574. The van der Waals surface area contributed by atoms with Gasteiger partial charge in [0.1, 0.15) is 5.60 Å². The predicted molar refractivity (Wildman–Crippen MR) is 79.8 cm³/mol. The molecule has 0 fully saturated rings. The molecule has 0 saturated heterocycles. The molecule has 0 spiro atoms. The molecule has 2 rings (SSSR count). The van der Waals surface area contributed by atoms with E-state index in [0.717, 1.165) is 4.70 Å². The van der Waals surface area contributed by atoms with Crippen LogP contribution in [0.5, 0.6) is 0 Å². The number of thiazole rings is 1. The van der Waals surface area contributed by atoms with Crippen LogP contribution in [0.2, 0.25) is 0 Å². The molecule has 0 bridgehead atoms. The van der Waals surface area contributed by atoms with Gasteiger partial charge in [0.25, 0.3) is 0 Å². The minimum atomic E-state index is -0.585. The predicted octanol–water partition coefficient (Wildman–Crippen LogP) is 2.72. The van der Waals surface area contributed by atoms with Gasteiger partial charge >= 0.3 is 6.09 Å². The third kappa shape index (κ3) is 3.37. The highest BCUT2D eigenvalue weighted by atomic mass is 32.1. The summed E-state index contributed by atoms with van der Waals surface area (Å²) in [6, 6.07) is 3.44. The van der Waals surface area contributed by atoms with Crippen LogP contribution in [-0.2, 0) is 11.3 Å². The fourth-order valence-corrected chi connectivity index (χ4v) is 2.47. The first kappa shape index (κ1) is 14.5. The largest absolute Gasteiger partial charge is 0.444 e. The van der Waals surface area contributed by atoms with E-state index in [1.54, 1.807) is 32.9 Å². The van der Waals surface area contributed by atoms with Crippen LogP contribution >= 0.6 is 11.3 Å². The molecule has 20 heavy (non-hydrogen) atoms. The van der Waals surface area contributed by atoms with E-state index >= 15 is 0 Å². The molecule has 6 nitrogen and oxygen atoms in total. The number of benzene rings is 1. The van der Waals surface area contributed by atoms with Crippen molar-refractivity contribution in [3.63, 3.8) is 0 Å². The number of hydrogen-bond acceptors (Lipinski definition) is 6. The van der Waals surface area contributed by atoms with Gasteiger partial charge in [0.15, 0.2) is 5.13 Å². The van der Waals surface area contributed by atoms with Crippen LogP contribution in [0.15, 0.2) is 12.1 Å². The summed E-state index contributed by atoms with van der Waals surface area (Å²) in [4.78, 5) is 15.9. The SMILES string of the molecule is CC(C)(C)OC(=O)Nc1cc2nc(N)sc2cc1CO. The number of nitrogens with two attached hydrogens (primary N) is 1. The highest BCUT2D eigenvalue weighted by Gasteiger charge is 2.18. The van der Waals surface area contributed by atoms with Crippen molar-refractivity contribution >= 4 is 38.5 Å². The van der Waals surface area contributed by atoms with Crippen LogP contribution in [0.25, 0.3) is 10.2 Å². The summed E-state index contributed by atoms with van der Waals surface area (Å²) in [7, 11) is 0. The van der Waals surface area contributed by atoms with E-state index in [0.29, 0.717) is 21.9 Å². The molecule has 1 aromatic heterocycles. The maximum absolute atomic E-state index is 11.8. The third-order valence-electron chi connectivity index (χ3n) is 2.44. The van der Waals surface area contributed by atoms with Gasteiger partial charge in [-0.3, -0.25) is 5.32 Å². The molecule has 1 aromatic carbocycles. The first-order chi connectivity index (χ1) is 9.28. The number of amides is 1. The van der Waals surface area contributed by atoms with Gasteiger partial charge in [-0.1, -0.05) is 11.3 Å². The summed E-state index contributed by atoms with van der Waals surface area (Å²) in [6.45, 7) is 5.15. The number of hydrogen-bond donors (Lipinski definition) is 3. The zero-order valence-electron chi connectivity index (χ0n) is 11.6. The maximum Gasteiger partial charge on any atom is 0.412 e. The molecule has 0 radical (unpaired) electrons. The summed E-state index contributed by atoms with van der Waals surface area (Å²) in [5.74, 6) is 0. The van der Waals surface area contributed by atoms with Crippen LogP contribution < -0.4 is 11.1 Å². The van der Waals surface area contributed by atoms with E-state index < -0.39 is 11.7 Å². The Hall–Kier alpha value is -1.86. The molecule has 1 heterocycles. The Morgan fingerprint density at radius 2 is 2.20 bits per heavy atom. The van der Waals surface area contributed by atoms with Crippen LogP contribution in [0.1, 0.15) is 26.3 Å². The number of nitrogens with one attached hydrogen (secondary N) is 1. The van der Waals surface area contributed by atoms with E-state index in [1.807, 2.05) is 0 Å². The van der Waals surface area contributed by atoms with E-state index in [4.69, 9.17) is 10.5 Å². The highest BCUT2D eigenvalue weighted by Crippen LogP contribution is 2.29. The molecule has 4 N–H and O–H groups in total. The Bertz CT molecular complexity index is 646. The third-order valence-corrected chi connectivity index (χ3v) is 3.28. The number of carbonyl (C=O) groups excluding carboxylic acids is 1. The molecule has 2 aromatic rings. The molecule has 0 saturated carbocycles. The van der Waals surface area contributed by atoms with Crippen molar-refractivity contribution in [3.05, 3.63) is 17.7 Å². The standard InChI is InChI=1S/C13H17N3O3S/c1-13(2,3)19-12(18)16-8-5-9-10(4-7(8)6-17)20-11(14)15-9/h4-5,17H,6H2,1-3H3,(H2,14,15)(H,16,18). The van der Waals surface area contributed by atoms with Crippen molar-refractivity contribution in [1.82, 2.24) is 4.98 Å². The number of nitrogens with zero attached hydrogens (tertiary/aromatic N) is 1. The van der Waals surface area contributed by atoms with Crippen molar-refractivity contribution in [2.24, 2.45) is 0 Å². The monoisotopic (exact) mass is 295 g/mol. The summed E-state index contributed by atoms with van der Waals surface area (Å²) in [5.41, 5.74) is 6.80. The average molecular weight is 295 g/mol. The van der Waals surface area contributed by atoms with Crippen molar-refractivity contribution in [2.45, 2.75) is 33.0 Å². The topological polar surface area (TPSA) is 97.5 Å². The van der Waals surface area contributed by atoms with E-state index in [1.165, 1.54) is 11.3 Å². The van der Waals surface area contributed by atoms with Gasteiger partial charge < -0.3 is 15.6 Å². The van der Waals surface area contributed by atoms with Crippen LogP contribution in [0, 0.1) is 0 Å². The first-order valence-electron chi connectivity index (χ1n) is 6.08. The zero-order valence-corrected chi connectivity index (χ0v) is 12.4. The van der Waals surface area contributed by atoms with Crippen molar-refractivity contribution in [2.75, 3.05) is 11.1 Å². The quantitative estimate of drug-likeness (QED) is 0.791. The Kier molecular flexibility index (Phi) is 3.82.